The van der Waals surface area contributed by atoms with Gasteiger partial charge in [0, 0.05) is 29.3 Å². The number of aliphatic hydroxyl groups is 2. The van der Waals surface area contributed by atoms with Gasteiger partial charge in [-0.3, -0.25) is 4.79 Å². The zero-order chi connectivity index (χ0) is 25.2. The molecule has 34 heavy (non-hydrogen) atoms. The monoisotopic (exact) mass is 517 g/mol. The molecule has 4 rings (SSSR count). The largest absolute Gasteiger partial charge is 0.390 e. The van der Waals surface area contributed by atoms with E-state index >= 15 is 0 Å². The second kappa shape index (κ2) is 8.51. The molecule has 3 N–H and O–H groups in total. The van der Waals surface area contributed by atoms with Gasteiger partial charge in [-0.2, -0.15) is 0 Å². The molecule has 6 nitrogen and oxygen atoms in total. The number of anilines is 1. The standard InChI is InChI=1S/C23H23ClF3NO5S/c1-10-5-13-9-23(31,11(2)29)19(10)21(13)34(32,33)18-6-12(3-4-15(18)24)22(30)28-14-7-16(25)20(27)17(26)8-14/h3-4,6-8,10-11,13,19,21,29,31H,5,9H2,1-2H3,(H,28,30)/t10-,11?,13?,19?,21+,23-/m0/s1. The van der Waals surface area contributed by atoms with Gasteiger partial charge in [0.25, 0.3) is 5.91 Å². The Hall–Kier alpha value is -2.14. The topological polar surface area (TPSA) is 104 Å². The molecule has 3 unspecified atom stereocenters. The van der Waals surface area contributed by atoms with E-state index in [4.69, 9.17) is 11.6 Å². The number of hydrogen-bond acceptors (Lipinski definition) is 5. The highest BCUT2D eigenvalue weighted by Crippen LogP contribution is 2.58. The third kappa shape index (κ3) is 3.90. The van der Waals surface area contributed by atoms with Crippen LogP contribution in [0, 0.1) is 35.2 Å². The number of sulfone groups is 1. The van der Waals surface area contributed by atoms with Gasteiger partial charge in [-0.25, -0.2) is 21.6 Å². The molecular formula is C23H23ClF3NO5S. The second-order valence-corrected chi connectivity index (χ2v) is 11.7. The first kappa shape index (κ1) is 25.0. The quantitative estimate of drug-likeness (QED) is 0.521. The first-order chi connectivity index (χ1) is 15.8. The van der Waals surface area contributed by atoms with E-state index in [0.29, 0.717) is 18.6 Å². The van der Waals surface area contributed by atoms with Crippen LogP contribution in [-0.2, 0) is 9.84 Å². The molecular weight excluding hydrogens is 495 g/mol. The lowest BCUT2D eigenvalue weighted by Gasteiger charge is -2.38. The summed E-state index contributed by atoms with van der Waals surface area (Å²) in [5, 5.41) is 22.3. The molecule has 0 aromatic heterocycles. The Bertz CT molecular complexity index is 1250. The lowest BCUT2D eigenvalue weighted by molar-refractivity contribution is -0.113. The minimum absolute atomic E-state index is 0.128. The van der Waals surface area contributed by atoms with E-state index in [0.717, 1.165) is 6.07 Å². The van der Waals surface area contributed by atoms with Gasteiger partial charge in [0.15, 0.2) is 27.3 Å². The average molecular weight is 518 g/mol. The van der Waals surface area contributed by atoms with E-state index in [1.165, 1.54) is 19.1 Å². The van der Waals surface area contributed by atoms with Crippen molar-refractivity contribution in [1.82, 2.24) is 0 Å². The van der Waals surface area contributed by atoms with Gasteiger partial charge < -0.3 is 15.5 Å². The number of carbonyl (C=O) groups excluding carboxylic acids is 1. The maximum atomic E-state index is 13.7. The maximum absolute atomic E-state index is 13.7. The first-order valence-corrected chi connectivity index (χ1v) is 12.6. The molecule has 2 fully saturated rings. The Balaban J connectivity index is 1.68. The summed E-state index contributed by atoms with van der Waals surface area (Å²) >= 11 is 6.21. The van der Waals surface area contributed by atoms with Gasteiger partial charge in [0.05, 0.1) is 26.9 Å². The molecule has 6 atom stereocenters. The van der Waals surface area contributed by atoms with Crippen molar-refractivity contribution in [2.75, 3.05) is 5.32 Å². The fraction of sp³-hybridized carbons (Fsp3) is 0.435. The Morgan fingerprint density at radius 2 is 1.82 bits per heavy atom. The van der Waals surface area contributed by atoms with E-state index in [-0.39, 0.29) is 33.5 Å². The number of amides is 1. The Morgan fingerprint density at radius 1 is 1.21 bits per heavy atom. The molecule has 2 aliphatic rings. The summed E-state index contributed by atoms with van der Waals surface area (Å²) in [6.07, 6.45) is -0.446. The van der Waals surface area contributed by atoms with E-state index in [1.807, 2.05) is 6.92 Å². The fourth-order valence-corrected chi connectivity index (χ4v) is 8.61. The molecule has 2 aliphatic carbocycles. The predicted octanol–water partition coefficient (Wildman–Crippen LogP) is 3.94. The van der Waals surface area contributed by atoms with Crippen LogP contribution in [0.3, 0.4) is 0 Å². The first-order valence-electron chi connectivity index (χ1n) is 10.7. The molecule has 11 heteroatoms. The number of fused-ring (bicyclic) bond motifs is 2. The number of hydrogen-bond donors (Lipinski definition) is 3. The van der Waals surface area contributed by atoms with Crippen molar-refractivity contribution in [3.8, 4) is 0 Å². The molecule has 1 amide bonds. The van der Waals surface area contributed by atoms with Crippen LogP contribution in [0.15, 0.2) is 35.2 Å². The summed E-state index contributed by atoms with van der Waals surface area (Å²) in [5.41, 5.74) is -2.07. The van der Waals surface area contributed by atoms with E-state index in [1.54, 1.807) is 0 Å². The van der Waals surface area contributed by atoms with E-state index in [9.17, 15) is 36.6 Å². The van der Waals surface area contributed by atoms with Gasteiger partial charge in [-0.05, 0) is 49.8 Å². The van der Waals surface area contributed by atoms with Crippen LogP contribution < -0.4 is 5.32 Å². The lowest BCUT2D eigenvalue weighted by atomic mass is 9.75. The molecule has 0 spiro atoms. The number of benzene rings is 2. The Labute approximate surface area is 199 Å². The maximum Gasteiger partial charge on any atom is 0.255 e. The van der Waals surface area contributed by atoms with Crippen LogP contribution in [0.1, 0.15) is 37.0 Å². The SMILES string of the molecule is CC(O)[C@@]1(O)CC2C[C@H](C)C1[C@@H]2S(=O)(=O)c1cc(C(=O)Nc2cc(F)c(F)c(F)c2)ccc1Cl. The molecule has 0 saturated heterocycles. The van der Waals surface area contributed by atoms with Crippen molar-refractivity contribution >= 4 is 33.0 Å². The van der Waals surface area contributed by atoms with E-state index < -0.39 is 62.0 Å². The number of nitrogens with one attached hydrogen (secondary N) is 1. The summed E-state index contributed by atoms with van der Waals surface area (Å²) < 4.78 is 67.5. The molecule has 0 radical (unpaired) electrons. The minimum atomic E-state index is -4.14. The van der Waals surface area contributed by atoms with Crippen LogP contribution in [0.2, 0.25) is 5.02 Å². The summed E-state index contributed by atoms with van der Waals surface area (Å²) in [5.74, 6) is -6.84. The molecule has 2 aromatic rings. The van der Waals surface area contributed by atoms with Crippen LogP contribution in [0.5, 0.6) is 0 Å². The molecule has 0 aliphatic heterocycles. The summed E-state index contributed by atoms with van der Waals surface area (Å²) in [7, 11) is -4.14. The van der Waals surface area contributed by atoms with Crippen LogP contribution in [0.4, 0.5) is 18.9 Å². The number of rotatable bonds is 5. The smallest absolute Gasteiger partial charge is 0.255 e. The lowest BCUT2D eigenvalue weighted by Crippen LogP contribution is -2.49. The molecule has 0 heterocycles. The van der Waals surface area contributed by atoms with Crippen molar-refractivity contribution in [3.63, 3.8) is 0 Å². The highest BCUT2D eigenvalue weighted by atomic mass is 35.5. The highest BCUT2D eigenvalue weighted by molar-refractivity contribution is 7.92. The average Bonchev–Trinajstić information content (AvgIpc) is 3.24. The summed E-state index contributed by atoms with van der Waals surface area (Å²) in [6.45, 7) is 3.25. The second-order valence-electron chi connectivity index (χ2n) is 9.23. The van der Waals surface area contributed by atoms with Crippen molar-refractivity contribution in [2.24, 2.45) is 17.8 Å². The molecule has 184 valence electrons. The van der Waals surface area contributed by atoms with Gasteiger partial charge in [0.2, 0.25) is 0 Å². The van der Waals surface area contributed by atoms with Gasteiger partial charge in [0.1, 0.15) is 0 Å². The Morgan fingerprint density at radius 3 is 2.41 bits per heavy atom. The minimum Gasteiger partial charge on any atom is -0.390 e. The zero-order valence-electron chi connectivity index (χ0n) is 18.2. The van der Waals surface area contributed by atoms with Crippen molar-refractivity contribution < 1.29 is 36.6 Å². The van der Waals surface area contributed by atoms with Crippen molar-refractivity contribution in [1.29, 1.82) is 0 Å². The third-order valence-corrected chi connectivity index (χ3v) is 9.88. The van der Waals surface area contributed by atoms with Crippen LogP contribution in [-0.4, -0.2) is 41.5 Å². The summed E-state index contributed by atoms with van der Waals surface area (Å²) in [4.78, 5) is 12.3. The number of carbonyl (C=O) groups is 1. The van der Waals surface area contributed by atoms with Gasteiger partial charge >= 0.3 is 0 Å². The van der Waals surface area contributed by atoms with E-state index in [2.05, 4.69) is 5.32 Å². The number of aliphatic hydroxyl groups excluding tert-OH is 1. The molecule has 2 saturated carbocycles. The zero-order valence-corrected chi connectivity index (χ0v) is 19.8. The fourth-order valence-electron chi connectivity index (χ4n) is 5.64. The summed E-state index contributed by atoms with van der Waals surface area (Å²) in [6, 6.07) is 4.71. The van der Waals surface area contributed by atoms with Crippen LogP contribution in [0.25, 0.3) is 0 Å². The van der Waals surface area contributed by atoms with Gasteiger partial charge in [-0.1, -0.05) is 18.5 Å². The highest BCUT2D eigenvalue weighted by Gasteiger charge is 2.65. The van der Waals surface area contributed by atoms with Crippen molar-refractivity contribution in [2.45, 2.75) is 48.5 Å². The Kier molecular flexibility index (Phi) is 6.25. The molecule has 2 bridgehead atoms. The predicted molar refractivity (Wildman–Crippen MR) is 119 cm³/mol. The third-order valence-electron chi connectivity index (χ3n) is 7.10. The number of halogens is 4. The molecule has 2 aromatic carbocycles. The van der Waals surface area contributed by atoms with Crippen LogP contribution >= 0.6 is 11.6 Å². The van der Waals surface area contributed by atoms with Crippen molar-refractivity contribution in [3.05, 3.63) is 58.4 Å². The van der Waals surface area contributed by atoms with Gasteiger partial charge in [-0.15, -0.1) is 0 Å². The normalized spacial score (nSPS) is 29.3.